The van der Waals surface area contributed by atoms with Crippen molar-refractivity contribution in [3.05, 3.63) is 106 Å². The van der Waals surface area contributed by atoms with E-state index in [9.17, 15) is 9.59 Å². The van der Waals surface area contributed by atoms with Crippen molar-refractivity contribution in [3.8, 4) is 11.3 Å². The number of anilines is 3. The fourth-order valence-corrected chi connectivity index (χ4v) is 5.48. The van der Waals surface area contributed by atoms with Crippen LogP contribution < -0.4 is 16.2 Å². The number of carbonyl (C=O) groups is 1. The Bertz CT molecular complexity index is 1680. The molecular weight excluding hydrogens is 548 g/mol. The third-order valence-corrected chi connectivity index (χ3v) is 8.44. The zero-order valence-corrected chi connectivity index (χ0v) is 26.8. The molecule has 1 saturated heterocycles. The number of rotatable bonds is 8. The van der Waals surface area contributed by atoms with Crippen LogP contribution in [0.5, 0.6) is 0 Å². The van der Waals surface area contributed by atoms with Crippen molar-refractivity contribution in [2.24, 2.45) is 7.05 Å². The summed E-state index contributed by atoms with van der Waals surface area (Å²) in [6, 6.07) is 21.7. The summed E-state index contributed by atoms with van der Waals surface area (Å²) >= 11 is 0. The molecular formula is C36H44N6O2. The number of hydrogen-bond acceptors (Lipinski definition) is 6. The minimum atomic E-state index is -0.211. The minimum absolute atomic E-state index is 0.0177. The van der Waals surface area contributed by atoms with Crippen LogP contribution in [0.1, 0.15) is 47.8 Å². The molecule has 0 spiro atoms. The average molecular weight is 593 g/mol. The maximum Gasteiger partial charge on any atom is 0.293 e. The van der Waals surface area contributed by atoms with Gasteiger partial charge in [-0.15, -0.1) is 0 Å². The second-order valence-electron chi connectivity index (χ2n) is 12.9. The van der Waals surface area contributed by atoms with E-state index in [1.165, 1.54) is 11.1 Å². The van der Waals surface area contributed by atoms with Crippen LogP contribution in [0.3, 0.4) is 0 Å². The van der Waals surface area contributed by atoms with E-state index in [4.69, 9.17) is 4.98 Å². The first-order valence-corrected chi connectivity index (χ1v) is 15.3. The molecule has 230 valence electrons. The zero-order chi connectivity index (χ0) is 31.4. The lowest BCUT2D eigenvalue weighted by Crippen LogP contribution is -2.45. The van der Waals surface area contributed by atoms with Gasteiger partial charge in [-0.05, 0) is 72.8 Å². The number of benzene rings is 3. The molecule has 2 N–H and O–H groups in total. The quantitative estimate of drug-likeness (QED) is 0.268. The summed E-state index contributed by atoms with van der Waals surface area (Å²) in [5.74, 6) is 0.0861. The number of nitrogens with one attached hydrogen (secondary N) is 2. The number of nitrogens with zero attached hydrogens (tertiary/aromatic N) is 4. The summed E-state index contributed by atoms with van der Waals surface area (Å²) in [7, 11) is 3.90. The molecule has 1 amide bonds. The smallest absolute Gasteiger partial charge is 0.293 e. The number of aryl methyl sites for hydroxylation is 1. The third kappa shape index (κ3) is 7.44. The highest BCUT2D eigenvalue weighted by molar-refractivity contribution is 6.05. The molecule has 4 aromatic rings. The summed E-state index contributed by atoms with van der Waals surface area (Å²) in [6.45, 7) is 13.8. The van der Waals surface area contributed by atoms with Gasteiger partial charge < -0.3 is 25.0 Å². The van der Waals surface area contributed by atoms with Gasteiger partial charge in [0.1, 0.15) is 0 Å². The van der Waals surface area contributed by atoms with Crippen molar-refractivity contribution in [2.75, 3.05) is 50.4 Å². The van der Waals surface area contributed by atoms with Gasteiger partial charge in [0.15, 0.2) is 5.82 Å². The summed E-state index contributed by atoms with van der Waals surface area (Å²) in [5.41, 5.74) is 6.68. The van der Waals surface area contributed by atoms with Crippen molar-refractivity contribution in [1.29, 1.82) is 0 Å². The summed E-state index contributed by atoms with van der Waals surface area (Å²) in [4.78, 5) is 35.9. The second kappa shape index (κ2) is 13.2. The van der Waals surface area contributed by atoms with Gasteiger partial charge >= 0.3 is 0 Å². The van der Waals surface area contributed by atoms with E-state index in [1.54, 1.807) is 17.8 Å². The monoisotopic (exact) mass is 592 g/mol. The van der Waals surface area contributed by atoms with Crippen LogP contribution in [-0.4, -0.2) is 65.0 Å². The Balaban J connectivity index is 1.33. The molecule has 8 nitrogen and oxygen atoms in total. The molecule has 3 aromatic carbocycles. The van der Waals surface area contributed by atoms with Crippen LogP contribution in [0.25, 0.3) is 11.3 Å². The van der Waals surface area contributed by atoms with E-state index < -0.39 is 0 Å². The molecule has 1 aliphatic heterocycles. The van der Waals surface area contributed by atoms with Gasteiger partial charge in [0, 0.05) is 68.5 Å². The normalized spacial score (nSPS) is 14.4. The molecule has 0 atom stereocenters. The van der Waals surface area contributed by atoms with Gasteiger partial charge in [-0.1, -0.05) is 57.2 Å². The Kier molecular flexibility index (Phi) is 9.32. The molecule has 2 heterocycles. The Morgan fingerprint density at radius 2 is 1.64 bits per heavy atom. The highest BCUT2D eigenvalue weighted by Gasteiger charge is 2.17. The van der Waals surface area contributed by atoms with E-state index in [-0.39, 0.29) is 22.7 Å². The maximum absolute atomic E-state index is 13.1. The lowest BCUT2D eigenvalue weighted by molar-refractivity contribution is 0.102. The van der Waals surface area contributed by atoms with Gasteiger partial charge in [0.25, 0.3) is 11.5 Å². The molecule has 0 saturated carbocycles. The molecule has 44 heavy (non-hydrogen) atoms. The summed E-state index contributed by atoms with van der Waals surface area (Å²) in [6.07, 6.45) is 2.68. The van der Waals surface area contributed by atoms with Gasteiger partial charge in [0.05, 0.1) is 5.69 Å². The zero-order valence-electron chi connectivity index (χ0n) is 26.8. The first-order valence-electron chi connectivity index (χ1n) is 15.3. The summed E-state index contributed by atoms with van der Waals surface area (Å²) < 4.78 is 1.55. The summed E-state index contributed by atoms with van der Waals surface area (Å²) in [5, 5.41) is 6.34. The molecule has 5 rings (SSSR count). The van der Waals surface area contributed by atoms with Crippen molar-refractivity contribution >= 4 is 23.1 Å². The molecule has 8 heteroatoms. The van der Waals surface area contributed by atoms with Crippen LogP contribution in [0.4, 0.5) is 17.2 Å². The van der Waals surface area contributed by atoms with E-state index in [1.807, 2.05) is 61.5 Å². The second-order valence-corrected chi connectivity index (χ2v) is 12.9. The molecule has 0 radical (unpaired) electrons. The Hall–Kier alpha value is -4.27. The van der Waals surface area contributed by atoms with Gasteiger partial charge in [-0.25, -0.2) is 4.98 Å². The SMILES string of the molecule is Cc1c(NC(=O)c2ccc(C(C)(C)C)cc2)cccc1-c1cn(C)c(=O)c(Nc2cccc(CCN3CCN(C)CC3)c2)n1. The van der Waals surface area contributed by atoms with E-state index in [0.717, 1.165) is 56.0 Å². The lowest BCUT2D eigenvalue weighted by atomic mass is 9.86. The van der Waals surface area contributed by atoms with Crippen molar-refractivity contribution in [2.45, 2.75) is 39.5 Å². The van der Waals surface area contributed by atoms with Crippen LogP contribution in [-0.2, 0) is 18.9 Å². The topological polar surface area (TPSA) is 82.5 Å². The average Bonchev–Trinajstić information content (AvgIpc) is 3.00. The first-order chi connectivity index (χ1) is 21.0. The Morgan fingerprint density at radius 3 is 2.34 bits per heavy atom. The number of piperazine rings is 1. The predicted molar refractivity (Wildman–Crippen MR) is 180 cm³/mol. The number of carbonyl (C=O) groups excluding carboxylic acids is 1. The number of likely N-dealkylation sites (N-methyl/N-ethyl adjacent to an activating group) is 1. The molecule has 0 aliphatic carbocycles. The predicted octanol–water partition coefficient (Wildman–Crippen LogP) is 5.84. The van der Waals surface area contributed by atoms with Crippen molar-refractivity contribution in [1.82, 2.24) is 19.4 Å². The maximum atomic E-state index is 13.1. The van der Waals surface area contributed by atoms with Gasteiger partial charge in [-0.3, -0.25) is 9.59 Å². The van der Waals surface area contributed by atoms with Crippen LogP contribution in [0, 0.1) is 6.92 Å². The third-order valence-electron chi connectivity index (χ3n) is 8.44. The molecule has 1 aliphatic rings. The number of hydrogen-bond donors (Lipinski definition) is 2. The molecule has 0 unspecified atom stereocenters. The van der Waals surface area contributed by atoms with Crippen molar-refractivity contribution < 1.29 is 4.79 Å². The largest absolute Gasteiger partial charge is 0.336 e. The lowest BCUT2D eigenvalue weighted by Gasteiger charge is -2.32. The molecule has 1 aromatic heterocycles. The minimum Gasteiger partial charge on any atom is -0.336 e. The fraction of sp³-hybridized carbons (Fsp3) is 0.361. The van der Waals surface area contributed by atoms with E-state index >= 15 is 0 Å². The first kappa shape index (κ1) is 31.2. The van der Waals surface area contributed by atoms with Crippen molar-refractivity contribution in [3.63, 3.8) is 0 Å². The van der Waals surface area contributed by atoms with Gasteiger partial charge in [0.2, 0.25) is 0 Å². The Labute approximate surface area is 260 Å². The highest BCUT2D eigenvalue weighted by atomic mass is 16.1. The Morgan fingerprint density at radius 1 is 0.932 bits per heavy atom. The van der Waals surface area contributed by atoms with Gasteiger partial charge in [-0.2, -0.15) is 0 Å². The standard InChI is InChI=1S/C36H44N6O2/c1-25-30(11-8-12-31(25)39-34(43)27-13-15-28(16-14-27)36(2,3)4)32-24-41(6)35(44)33(38-32)37-29-10-7-9-26(23-29)17-18-42-21-19-40(5)20-22-42/h7-16,23-24H,17-22H2,1-6H3,(H,37,38)(H,39,43). The van der Waals surface area contributed by atoms with Crippen LogP contribution in [0.15, 0.2) is 77.7 Å². The molecule has 1 fully saturated rings. The number of aromatic nitrogens is 2. The molecule has 0 bridgehead atoms. The van der Waals surface area contributed by atoms with E-state index in [2.05, 4.69) is 60.4 Å². The van der Waals surface area contributed by atoms with Crippen LogP contribution >= 0.6 is 0 Å². The fourth-order valence-electron chi connectivity index (χ4n) is 5.48. The van der Waals surface area contributed by atoms with Crippen LogP contribution in [0.2, 0.25) is 0 Å². The highest BCUT2D eigenvalue weighted by Crippen LogP contribution is 2.29. The number of amides is 1. The van der Waals surface area contributed by atoms with E-state index in [0.29, 0.717) is 16.9 Å².